The number of aryl methyl sites for hydroxylation is 1. The Morgan fingerprint density at radius 3 is 2.48 bits per heavy atom. The topological polar surface area (TPSA) is 73.1 Å². The van der Waals surface area contributed by atoms with Crippen molar-refractivity contribution in [1.29, 1.82) is 0 Å². The lowest BCUT2D eigenvalue weighted by Gasteiger charge is -2.06. The van der Waals surface area contributed by atoms with Crippen LogP contribution in [-0.2, 0) is 18.9 Å². The van der Waals surface area contributed by atoms with E-state index in [-0.39, 0.29) is 5.69 Å². The number of nitrogens with one attached hydrogen (secondary N) is 1. The molecule has 1 aromatic carbocycles. The van der Waals surface area contributed by atoms with Gasteiger partial charge in [0.2, 0.25) is 5.91 Å². The first-order valence-electron chi connectivity index (χ1n) is 6.30. The highest BCUT2D eigenvalue weighted by atomic mass is 16.2. The molecule has 108 valence electrons. The molecule has 0 saturated carbocycles. The van der Waals surface area contributed by atoms with Gasteiger partial charge >= 0.3 is 5.69 Å². The van der Waals surface area contributed by atoms with Crippen molar-refractivity contribution in [3.8, 4) is 0 Å². The van der Waals surface area contributed by atoms with E-state index in [1.165, 1.54) is 30.9 Å². The summed E-state index contributed by atoms with van der Waals surface area (Å²) in [6.07, 6.45) is 4.28. The Balaban J connectivity index is 2.20. The molecule has 0 aliphatic rings. The summed E-state index contributed by atoms with van der Waals surface area (Å²) >= 11 is 0. The van der Waals surface area contributed by atoms with Crippen LogP contribution in [-0.4, -0.2) is 15.0 Å². The fourth-order valence-corrected chi connectivity index (χ4v) is 1.80. The molecule has 1 N–H and O–H groups in total. The van der Waals surface area contributed by atoms with Gasteiger partial charge in [0.15, 0.2) is 0 Å². The number of amides is 1. The van der Waals surface area contributed by atoms with E-state index < -0.39 is 17.2 Å². The minimum atomic E-state index is -0.542. The summed E-state index contributed by atoms with van der Waals surface area (Å²) in [5, 5.41) is 2.47. The van der Waals surface area contributed by atoms with Gasteiger partial charge in [-0.1, -0.05) is 30.3 Å². The summed E-state index contributed by atoms with van der Waals surface area (Å²) in [6, 6.07) is 9.32. The number of benzene rings is 1. The molecule has 1 amide bonds. The van der Waals surface area contributed by atoms with Gasteiger partial charge in [-0.2, -0.15) is 0 Å². The van der Waals surface area contributed by atoms with E-state index in [9.17, 15) is 14.4 Å². The normalized spacial score (nSPS) is 10.8. The molecule has 0 aliphatic carbocycles. The van der Waals surface area contributed by atoms with Crippen LogP contribution in [0.15, 0.2) is 52.2 Å². The Morgan fingerprint density at radius 2 is 1.81 bits per heavy atom. The van der Waals surface area contributed by atoms with Crippen molar-refractivity contribution < 1.29 is 4.79 Å². The van der Waals surface area contributed by atoms with E-state index in [4.69, 9.17) is 0 Å². The van der Waals surface area contributed by atoms with Crippen molar-refractivity contribution in [2.24, 2.45) is 14.1 Å². The second kappa shape index (κ2) is 6.04. The Hall–Kier alpha value is -2.89. The highest BCUT2D eigenvalue weighted by Gasteiger charge is 2.08. The van der Waals surface area contributed by atoms with Crippen LogP contribution in [0.1, 0.15) is 5.56 Å². The van der Waals surface area contributed by atoms with Crippen LogP contribution in [0, 0.1) is 0 Å². The Morgan fingerprint density at radius 1 is 1.14 bits per heavy atom. The van der Waals surface area contributed by atoms with Crippen molar-refractivity contribution in [1.82, 2.24) is 9.13 Å². The Bertz CT molecular complexity index is 801. The van der Waals surface area contributed by atoms with Gasteiger partial charge in [-0.05, 0) is 11.6 Å². The summed E-state index contributed by atoms with van der Waals surface area (Å²) in [4.78, 5) is 35.2. The van der Waals surface area contributed by atoms with E-state index in [0.29, 0.717) is 0 Å². The highest BCUT2D eigenvalue weighted by Crippen LogP contribution is 2.02. The first-order chi connectivity index (χ1) is 9.99. The lowest BCUT2D eigenvalue weighted by atomic mass is 10.2. The van der Waals surface area contributed by atoms with Gasteiger partial charge in [-0.25, -0.2) is 4.79 Å². The van der Waals surface area contributed by atoms with E-state index in [1.807, 2.05) is 30.3 Å². The number of nitrogens with zero attached hydrogens (tertiary/aromatic N) is 2. The molecule has 0 spiro atoms. The maximum absolute atomic E-state index is 11.9. The van der Waals surface area contributed by atoms with Crippen LogP contribution >= 0.6 is 0 Å². The number of aromatic nitrogens is 2. The Labute approximate surface area is 121 Å². The van der Waals surface area contributed by atoms with E-state index in [1.54, 1.807) is 6.08 Å². The summed E-state index contributed by atoms with van der Waals surface area (Å²) in [7, 11) is 2.87. The average Bonchev–Trinajstić information content (AvgIpc) is 2.49. The number of hydrogen-bond acceptors (Lipinski definition) is 3. The van der Waals surface area contributed by atoms with Gasteiger partial charge in [-0.3, -0.25) is 14.2 Å². The van der Waals surface area contributed by atoms with Crippen molar-refractivity contribution in [3.05, 3.63) is 69.0 Å². The van der Waals surface area contributed by atoms with E-state index in [0.717, 1.165) is 10.1 Å². The predicted octanol–water partition coefficient (Wildman–Crippen LogP) is 0.736. The standard InChI is InChI=1S/C15H15N3O3/c1-17-10-12(14(20)18(2)15(17)21)16-13(19)9-8-11-6-4-3-5-7-11/h3-10H,1-2H3,(H,16,19). The molecule has 0 radical (unpaired) electrons. The minimum absolute atomic E-state index is 0.0577. The highest BCUT2D eigenvalue weighted by molar-refractivity contribution is 6.01. The molecule has 21 heavy (non-hydrogen) atoms. The van der Waals surface area contributed by atoms with Gasteiger partial charge in [0.1, 0.15) is 5.69 Å². The molecule has 0 atom stereocenters. The zero-order valence-electron chi connectivity index (χ0n) is 11.7. The Kier molecular flexibility index (Phi) is 4.18. The molecule has 0 saturated heterocycles. The van der Waals surface area contributed by atoms with Crippen molar-refractivity contribution >= 4 is 17.7 Å². The lowest BCUT2D eigenvalue weighted by Crippen LogP contribution is -2.38. The SMILES string of the molecule is Cn1cc(NC(=O)C=Cc2ccccc2)c(=O)n(C)c1=O. The molecule has 0 aliphatic heterocycles. The molecule has 2 aromatic rings. The van der Waals surface area contributed by atoms with Crippen molar-refractivity contribution in [2.45, 2.75) is 0 Å². The number of rotatable bonds is 3. The molecule has 6 heteroatoms. The number of anilines is 1. The van der Waals surface area contributed by atoms with Crippen molar-refractivity contribution in [2.75, 3.05) is 5.32 Å². The molecule has 1 aromatic heterocycles. The van der Waals surface area contributed by atoms with E-state index in [2.05, 4.69) is 5.32 Å². The monoisotopic (exact) mass is 285 g/mol. The first-order valence-corrected chi connectivity index (χ1v) is 6.30. The summed E-state index contributed by atoms with van der Waals surface area (Å²) in [5.74, 6) is -0.436. The molecule has 0 unspecified atom stereocenters. The predicted molar refractivity (Wildman–Crippen MR) is 81.0 cm³/mol. The summed E-state index contributed by atoms with van der Waals surface area (Å²) in [5.41, 5.74) is -0.0549. The van der Waals surface area contributed by atoms with Crippen LogP contribution in [0.5, 0.6) is 0 Å². The molecule has 0 bridgehead atoms. The average molecular weight is 285 g/mol. The number of carbonyl (C=O) groups excluding carboxylic acids is 1. The number of hydrogen-bond donors (Lipinski definition) is 1. The third-order valence-corrected chi connectivity index (χ3v) is 2.93. The molecule has 1 heterocycles. The van der Waals surface area contributed by atoms with Crippen LogP contribution < -0.4 is 16.6 Å². The quantitative estimate of drug-likeness (QED) is 0.845. The largest absolute Gasteiger partial charge is 0.330 e. The summed E-state index contributed by atoms with van der Waals surface area (Å²) < 4.78 is 2.18. The molecule has 2 rings (SSSR count). The third kappa shape index (κ3) is 3.36. The zero-order chi connectivity index (χ0) is 15.4. The minimum Gasteiger partial charge on any atom is -0.317 e. The van der Waals surface area contributed by atoms with Gasteiger partial charge < -0.3 is 9.88 Å². The molecule has 6 nitrogen and oxygen atoms in total. The summed E-state index contributed by atoms with van der Waals surface area (Å²) in [6.45, 7) is 0. The van der Waals surface area contributed by atoms with Gasteiger partial charge in [0, 0.05) is 26.4 Å². The number of carbonyl (C=O) groups is 1. The van der Waals surface area contributed by atoms with Crippen LogP contribution in [0.4, 0.5) is 5.69 Å². The van der Waals surface area contributed by atoms with E-state index >= 15 is 0 Å². The second-order valence-corrected chi connectivity index (χ2v) is 4.53. The fourth-order valence-electron chi connectivity index (χ4n) is 1.80. The van der Waals surface area contributed by atoms with Crippen LogP contribution in [0.25, 0.3) is 6.08 Å². The molecular formula is C15H15N3O3. The van der Waals surface area contributed by atoms with Gasteiger partial charge in [0.25, 0.3) is 5.56 Å². The lowest BCUT2D eigenvalue weighted by molar-refractivity contribution is -0.111. The van der Waals surface area contributed by atoms with Gasteiger partial charge in [0.05, 0.1) is 0 Å². The maximum atomic E-state index is 11.9. The third-order valence-electron chi connectivity index (χ3n) is 2.93. The van der Waals surface area contributed by atoms with Crippen LogP contribution in [0.3, 0.4) is 0 Å². The van der Waals surface area contributed by atoms with Crippen LogP contribution in [0.2, 0.25) is 0 Å². The molecular weight excluding hydrogens is 270 g/mol. The maximum Gasteiger partial charge on any atom is 0.330 e. The van der Waals surface area contributed by atoms with Crippen molar-refractivity contribution in [3.63, 3.8) is 0 Å². The molecule has 0 fully saturated rings. The zero-order valence-corrected chi connectivity index (χ0v) is 11.7. The smallest absolute Gasteiger partial charge is 0.317 e. The fraction of sp³-hybridized carbons (Fsp3) is 0.133. The van der Waals surface area contributed by atoms with Gasteiger partial charge in [-0.15, -0.1) is 0 Å². The first kappa shape index (κ1) is 14.5. The second-order valence-electron chi connectivity index (χ2n) is 4.53.